The van der Waals surface area contributed by atoms with Crippen molar-refractivity contribution in [2.24, 2.45) is 0 Å². The fourth-order valence-corrected chi connectivity index (χ4v) is 3.29. The van der Waals surface area contributed by atoms with Crippen LogP contribution in [0.1, 0.15) is 34.3 Å². The largest absolute Gasteiger partial charge is 0.339 e. The second-order valence-electron chi connectivity index (χ2n) is 7.02. The summed E-state index contributed by atoms with van der Waals surface area (Å²) >= 11 is 0. The second kappa shape index (κ2) is 8.80. The number of hydrogen-bond donors (Lipinski definition) is 0. The van der Waals surface area contributed by atoms with Crippen molar-refractivity contribution in [2.45, 2.75) is 26.2 Å². The number of rotatable bonds is 5. The van der Waals surface area contributed by atoms with Gasteiger partial charge in [-0.05, 0) is 49.6 Å². The molecule has 0 spiro atoms. The van der Waals surface area contributed by atoms with E-state index in [0.29, 0.717) is 38.2 Å². The van der Waals surface area contributed by atoms with Crippen LogP contribution in [0.5, 0.6) is 0 Å². The van der Waals surface area contributed by atoms with Crippen molar-refractivity contribution in [3.05, 3.63) is 71.0 Å². The summed E-state index contributed by atoms with van der Waals surface area (Å²) < 4.78 is 13.0. The van der Waals surface area contributed by atoms with E-state index < -0.39 is 0 Å². The average molecular weight is 368 g/mol. The van der Waals surface area contributed by atoms with Crippen molar-refractivity contribution < 1.29 is 14.0 Å². The summed E-state index contributed by atoms with van der Waals surface area (Å²) in [6, 6.07) is 14.0. The van der Waals surface area contributed by atoms with E-state index in [9.17, 15) is 14.0 Å². The summed E-state index contributed by atoms with van der Waals surface area (Å²) in [6.07, 6.45) is 2.26. The Morgan fingerprint density at radius 3 is 2.11 bits per heavy atom. The molecule has 0 radical (unpaired) electrons. The van der Waals surface area contributed by atoms with E-state index in [1.54, 1.807) is 4.90 Å². The van der Waals surface area contributed by atoms with Gasteiger partial charge in [0.2, 0.25) is 5.91 Å². The van der Waals surface area contributed by atoms with Crippen molar-refractivity contribution in [3.63, 3.8) is 0 Å². The van der Waals surface area contributed by atoms with Crippen molar-refractivity contribution in [1.82, 2.24) is 9.80 Å². The number of hydrogen-bond acceptors (Lipinski definition) is 2. The van der Waals surface area contributed by atoms with E-state index in [2.05, 4.69) is 31.2 Å². The quantitative estimate of drug-likeness (QED) is 0.811. The number of halogens is 1. The van der Waals surface area contributed by atoms with Crippen LogP contribution >= 0.6 is 0 Å². The van der Waals surface area contributed by atoms with E-state index >= 15 is 0 Å². The summed E-state index contributed by atoms with van der Waals surface area (Å²) in [5.41, 5.74) is 2.97. The third kappa shape index (κ3) is 5.16. The van der Waals surface area contributed by atoms with Crippen molar-refractivity contribution in [2.75, 3.05) is 26.2 Å². The van der Waals surface area contributed by atoms with Gasteiger partial charge in [-0.3, -0.25) is 9.59 Å². The predicted molar refractivity (Wildman–Crippen MR) is 103 cm³/mol. The zero-order valence-corrected chi connectivity index (χ0v) is 15.7. The Balaban J connectivity index is 1.42. The van der Waals surface area contributed by atoms with E-state index in [1.165, 1.54) is 35.4 Å². The maximum Gasteiger partial charge on any atom is 0.253 e. The normalized spacial score (nSPS) is 14.3. The first kappa shape index (κ1) is 19.1. The Bertz CT molecular complexity index is 779. The van der Waals surface area contributed by atoms with Gasteiger partial charge in [0.1, 0.15) is 5.82 Å². The van der Waals surface area contributed by atoms with Gasteiger partial charge in [-0.15, -0.1) is 0 Å². The summed E-state index contributed by atoms with van der Waals surface area (Å²) in [4.78, 5) is 28.4. The van der Waals surface area contributed by atoms with Gasteiger partial charge in [0.05, 0.1) is 0 Å². The van der Waals surface area contributed by atoms with Gasteiger partial charge in [-0.1, -0.05) is 29.8 Å². The minimum absolute atomic E-state index is 0.110. The minimum atomic E-state index is -0.354. The highest BCUT2D eigenvalue weighted by atomic mass is 19.1. The van der Waals surface area contributed by atoms with Crippen LogP contribution in [0.4, 0.5) is 4.39 Å². The molecule has 1 saturated heterocycles. The molecule has 3 rings (SSSR count). The fourth-order valence-electron chi connectivity index (χ4n) is 3.29. The van der Waals surface area contributed by atoms with E-state index in [1.807, 2.05) is 4.90 Å². The minimum Gasteiger partial charge on any atom is -0.339 e. The number of amides is 2. The number of nitrogens with zero attached hydrogens (tertiary/aromatic N) is 2. The lowest BCUT2D eigenvalue weighted by Crippen LogP contribution is -2.50. The Hall–Kier alpha value is -2.69. The standard InChI is InChI=1S/C22H25FN2O2/c1-17-5-7-18(8-6-17)3-2-4-21(26)24-13-15-25(16-14-24)22(27)19-9-11-20(23)12-10-19/h5-12H,2-4,13-16H2,1H3. The molecule has 0 bridgehead atoms. The van der Waals surface area contributed by atoms with Crippen LogP contribution in [0.25, 0.3) is 0 Å². The van der Waals surface area contributed by atoms with Crippen LogP contribution in [0.2, 0.25) is 0 Å². The molecule has 2 amide bonds. The van der Waals surface area contributed by atoms with Gasteiger partial charge < -0.3 is 9.80 Å². The van der Waals surface area contributed by atoms with Crippen LogP contribution in [0.3, 0.4) is 0 Å². The van der Waals surface area contributed by atoms with Crippen LogP contribution in [-0.4, -0.2) is 47.8 Å². The van der Waals surface area contributed by atoms with Crippen LogP contribution in [0, 0.1) is 12.7 Å². The molecule has 1 fully saturated rings. The monoisotopic (exact) mass is 368 g/mol. The number of benzene rings is 2. The fraction of sp³-hybridized carbons (Fsp3) is 0.364. The van der Waals surface area contributed by atoms with Crippen molar-refractivity contribution in [3.8, 4) is 0 Å². The first-order valence-electron chi connectivity index (χ1n) is 9.41. The second-order valence-corrected chi connectivity index (χ2v) is 7.02. The third-order valence-corrected chi connectivity index (χ3v) is 4.99. The molecule has 1 heterocycles. The first-order chi connectivity index (χ1) is 13.0. The molecule has 0 atom stereocenters. The molecule has 0 aliphatic carbocycles. The summed E-state index contributed by atoms with van der Waals surface area (Å²) in [7, 11) is 0. The molecule has 0 saturated carbocycles. The van der Waals surface area contributed by atoms with E-state index in [0.717, 1.165) is 12.8 Å². The van der Waals surface area contributed by atoms with Gasteiger partial charge in [0, 0.05) is 38.2 Å². The Morgan fingerprint density at radius 1 is 0.889 bits per heavy atom. The van der Waals surface area contributed by atoms with E-state index in [4.69, 9.17) is 0 Å². The number of carbonyl (C=O) groups is 2. The number of piperazine rings is 1. The summed E-state index contributed by atoms with van der Waals surface area (Å²) in [5, 5.41) is 0. The zero-order valence-electron chi connectivity index (χ0n) is 15.7. The average Bonchev–Trinajstić information content (AvgIpc) is 2.69. The summed E-state index contributed by atoms with van der Waals surface area (Å²) in [5.74, 6) is -0.315. The lowest BCUT2D eigenvalue weighted by Gasteiger charge is -2.35. The summed E-state index contributed by atoms with van der Waals surface area (Å²) in [6.45, 7) is 4.19. The van der Waals surface area contributed by atoms with E-state index in [-0.39, 0.29) is 17.6 Å². The molecule has 0 unspecified atom stereocenters. The van der Waals surface area contributed by atoms with Gasteiger partial charge in [0.15, 0.2) is 0 Å². The van der Waals surface area contributed by atoms with Gasteiger partial charge in [0.25, 0.3) is 5.91 Å². The lowest BCUT2D eigenvalue weighted by atomic mass is 10.1. The number of carbonyl (C=O) groups excluding carboxylic acids is 2. The lowest BCUT2D eigenvalue weighted by molar-refractivity contribution is -0.132. The predicted octanol–water partition coefficient (Wildman–Crippen LogP) is 3.44. The molecule has 5 heteroatoms. The molecule has 2 aromatic carbocycles. The van der Waals surface area contributed by atoms with Crippen LogP contribution in [0.15, 0.2) is 48.5 Å². The van der Waals surface area contributed by atoms with Crippen LogP contribution in [-0.2, 0) is 11.2 Å². The maximum atomic E-state index is 13.0. The van der Waals surface area contributed by atoms with Crippen molar-refractivity contribution >= 4 is 11.8 Å². The molecule has 2 aromatic rings. The molecule has 27 heavy (non-hydrogen) atoms. The molecule has 4 nitrogen and oxygen atoms in total. The Kier molecular flexibility index (Phi) is 6.22. The zero-order chi connectivity index (χ0) is 19.2. The molecule has 1 aliphatic heterocycles. The molecule has 142 valence electrons. The molecular weight excluding hydrogens is 343 g/mol. The van der Waals surface area contributed by atoms with Crippen LogP contribution < -0.4 is 0 Å². The van der Waals surface area contributed by atoms with Gasteiger partial charge in [-0.25, -0.2) is 4.39 Å². The van der Waals surface area contributed by atoms with Gasteiger partial charge >= 0.3 is 0 Å². The SMILES string of the molecule is Cc1ccc(CCCC(=O)N2CCN(C(=O)c3ccc(F)cc3)CC2)cc1. The third-order valence-electron chi connectivity index (χ3n) is 4.99. The molecule has 0 N–H and O–H groups in total. The molecular formula is C22H25FN2O2. The Morgan fingerprint density at radius 2 is 1.48 bits per heavy atom. The molecule has 0 aromatic heterocycles. The Labute approximate surface area is 159 Å². The topological polar surface area (TPSA) is 40.6 Å². The molecule has 1 aliphatic rings. The first-order valence-corrected chi connectivity index (χ1v) is 9.41. The van der Waals surface area contributed by atoms with Crippen molar-refractivity contribution in [1.29, 1.82) is 0 Å². The highest BCUT2D eigenvalue weighted by Gasteiger charge is 2.24. The number of aryl methyl sites for hydroxylation is 2. The van der Waals surface area contributed by atoms with Gasteiger partial charge in [-0.2, -0.15) is 0 Å². The highest BCUT2D eigenvalue weighted by molar-refractivity contribution is 5.94. The maximum absolute atomic E-state index is 13.0. The smallest absolute Gasteiger partial charge is 0.253 e. The highest BCUT2D eigenvalue weighted by Crippen LogP contribution is 2.12.